The highest BCUT2D eigenvalue weighted by atomic mass is 35.5. The largest absolute Gasteiger partial charge is 0.396 e. The standard InChI is InChI=1S/C27H31ClF3NO7S/c28-21-4-1-15(26(35)32-18-12-22(29)25(31)23(30)13-18)9-24(21)40(37,38)20-10-16-2-3-17(11-20)27(16,36)14-39-19(5-7-33)6-8-34/h1,4,9,12-13,16-17,19-20,33-34,36H,2-3,5-8,10-11,14H2,(H,32,35)/t16-,17?,20?,27?/m0/s1. The summed E-state index contributed by atoms with van der Waals surface area (Å²) >= 11 is 6.25. The van der Waals surface area contributed by atoms with Crippen LogP contribution in [-0.2, 0) is 14.6 Å². The Hall–Kier alpha value is -2.22. The molecule has 0 saturated heterocycles. The number of ether oxygens (including phenoxy) is 1. The Labute approximate surface area is 235 Å². The number of hydrogen-bond acceptors (Lipinski definition) is 7. The van der Waals surface area contributed by atoms with Gasteiger partial charge in [0.1, 0.15) is 0 Å². The molecule has 0 aliphatic heterocycles. The fraction of sp³-hybridized carbons (Fsp3) is 0.519. The van der Waals surface area contributed by atoms with Crippen molar-refractivity contribution in [2.45, 2.75) is 60.4 Å². The van der Waals surface area contributed by atoms with E-state index in [1.165, 1.54) is 12.1 Å². The summed E-state index contributed by atoms with van der Waals surface area (Å²) in [5.74, 6) is -6.30. The van der Waals surface area contributed by atoms with Crippen molar-refractivity contribution in [2.24, 2.45) is 11.8 Å². The van der Waals surface area contributed by atoms with Crippen LogP contribution in [0, 0.1) is 29.3 Å². The highest BCUT2D eigenvalue weighted by Crippen LogP contribution is 2.52. The number of hydrogen-bond donors (Lipinski definition) is 4. The number of benzene rings is 2. The SMILES string of the molecule is O=C(Nc1cc(F)c(F)c(F)c1)c1ccc(Cl)c(S(=O)(=O)C2CC3CC[C@@H](C2)C3(O)COC(CCO)CCO)c1. The Balaban J connectivity index is 1.51. The van der Waals surface area contributed by atoms with Gasteiger partial charge in [-0.05, 0) is 68.6 Å². The Kier molecular flexibility index (Phi) is 9.48. The van der Waals surface area contributed by atoms with Gasteiger partial charge in [0.15, 0.2) is 27.3 Å². The molecule has 0 radical (unpaired) electrons. The summed E-state index contributed by atoms with van der Waals surface area (Å²) in [5.41, 5.74) is -1.75. The topological polar surface area (TPSA) is 133 Å². The maximum atomic E-state index is 13.7. The number of anilines is 1. The molecule has 2 aliphatic rings. The van der Waals surface area contributed by atoms with E-state index in [1.54, 1.807) is 0 Å². The van der Waals surface area contributed by atoms with Crippen molar-refractivity contribution in [3.8, 4) is 0 Å². The summed E-state index contributed by atoms with van der Waals surface area (Å²) in [6.07, 6.45) is 1.65. The lowest BCUT2D eigenvalue weighted by molar-refractivity contribution is -0.133. The first-order valence-electron chi connectivity index (χ1n) is 13.0. The third-order valence-corrected chi connectivity index (χ3v) is 10.7. The third-order valence-electron chi connectivity index (χ3n) is 8.01. The monoisotopic (exact) mass is 605 g/mol. The molecule has 3 unspecified atom stereocenters. The van der Waals surface area contributed by atoms with Gasteiger partial charge in [0.05, 0.1) is 33.5 Å². The van der Waals surface area contributed by atoms with Gasteiger partial charge >= 0.3 is 0 Å². The molecule has 1 amide bonds. The first-order valence-corrected chi connectivity index (χ1v) is 14.9. The minimum absolute atomic E-state index is 0.0409. The zero-order chi connectivity index (χ0) is 29.2. The second kappa shape index (κ2) is 12.3. The summed E-state index contributed by atoms with van der Waals surface area (Å²) in [6, 6.07) is 4.77. The number of rotatable bonds is 11. The van der Waals surface area contributed by atoms with Crippen LogP contribution in [0.3, 0.4) is 0 Å². The molecule has 0 aromatic heterocycles. The number of halogens is 4. The Morgan fingerprint density at radius 2 is 1.62 bits per heavy atom. The molecule has 2 saturated carbocycles. The van der Waals surface area contributed by atoms with E-state index in [1.807, 2.05) is 0 Å². The number of carbonyl (C=O) groups is 1. The van der Waals surface area contributed by atoms with Crippen LogP contribution in [0.4, 0.5) is 18.9 Å². The van der Waals surface area contributed by atoms with E-state index in [9.17, 15) is 41.7 Å². The number of fused-ring (bicyclic) bond motifs is 2. The van der Waals surface area contributed by atoms with Crippen molar-refractivity contribution >= 4 is 33.0 Å². The quantitative estimate of drug-likeness (QED) is 0.286. The average molecular weight is 606 g/mol. The van der Waals surface area contributed by atoms with Crippen LogP contribution in [0.1, 0.15) is 48.9 Å². The molecule has 4 N–H and O–H groups in total. The minimum atomic E-state index is -4.06. The van der Waals surface area contributed by atoms with Crippen LogP contribution in [0.5, 0.6) is 0 Å². The van der Waals surface area contributed by atoms with Crippen LogP contribution < -0.4 is 5.32 Å². The maximum Gasteiger partial charge on any atom is 0.255 e. The first kappa shape index (κ1) is 30.7. The van der Waals surface area contributed by atoms with Gasteiger partial charge in [0.25, 0.3) is 5.91 Å². The van der Waals surface area contributed by atoms with Crippen molar-refractivity contribution in [1.82, 2.24) is 0 Å². The number of nitrogens with one attached hydrogen (secondary N) is 1. The summed E-state index contributed by atoms with van der Waals surface area (Å²) in [6.45, 7) is -0.307. The highest BCUT2D eigenvalue weighted by molar-refractivity contribution is 7.92. The van der Waals surface area contributed by atoms with E-state index in [-0.39, 0.29) is 65.7 Å². The first-order chi connectivity index (χ1) is 18.9. The molecular formula is C27H31ClF3NO7S. The second-order valence-electron chi connectivity index (χ2n) is 10.4. The molecule has 220 valence electrons. The third kappa shape index (κ3) is 6.17. The normalized spacial score (nSPS) is 24.4. The predicted octanol–water partition coefficient (Wildman–Crippen LogP) is 3.85. The number of carbonyl (C=O) groups excluding carboxylic acids is 1. The van der Waals surface area contributed by atoms with Gasteiger partial charge < -0.3 is 25.4 Å². The molecule has 2 fully saturated rings. The molecule has 0 spiro atoms. The van der Waals surface area contributed by atoms with Crippen molar-refractivity contribution in [1.29, 1.82) is 0 Å². The van der Waals surface area contributed by atoms with E-state index >= 15 is 0 Å². The average Bonchev–Trinajstić information content (AvgIpc) is 3.06. The number of sulfone groups is 1. The molecule has 2 aliphatic carbocycles. The molecule has 13 heteroatoms. The molecule has 4 rings (SSSR count). The molecule has 2 aromatic carbocycles. The van der Waals surface area contributed by atoms with Gasteiger partial charge in [-0.15, -0.1) is 0 Å². The predicted molar refractivity (Wildman–Crippen MR) is 140 cm³/mol. The van der Waals surface area contributed by atoms with E-state index < -0.39 is 50.2 Å². The fourth-order valence-corrected chi connectivity index (χ4v) is 8.22. The zero-order valence-corrected chi connectivity index (χ0v) is 23.0. The minimum Gasteiger partial charge on any atom is -0.396 e. The number of amides is 1. The molecule has 8 nitrogen and oxygen atoms in total. The van der Waals surface area contributed by atoms with E-state index in [2.05, 4.69) is 5.32 Å². The fourth-order valence-electron chi connectivity index (χ4n) is 5.82. The van der Waals surface area contributed by atoms with Crippen molar-refractivity contribution in [2.75, 3.05) is 25.1 Å². The van der Waals surface area contributed by atoms with Crippen LogP contribution >= 0.6 is 11.6 Å². The Bertz CT molecular complexity index is 1320. The molecule has 0 heterocycles. The van der Waals surface area contributed by atoms with Crippen LogP contribution in [0.15, 0.2) is 35.2 Å². The number of aliphatic hydroxyl groups excluding tert-OH is 2. The lowest BCUT2D eigenvalue weighted by Crippen LogP contribution is -2.51. The number of aliphatic hydroxyl groups is 3. The summed E-state index contributed by atoms with van der Waals surface area (Å²) in [5, 5.41) is 31.2. The van der Waals surface area contributed by atoms with Crippen LogP contribution in [0.25, 0.3) is 0 Å². The van der Waals surface area contributed by atoms with Gasteiger partial charge in [-0.3, -0.25) is 4.79 Å². The summed E-state index contributed by atoms with van der Waals surface area (Å²) < 4.78 is 73.6. The van der Waals surface area contributed by atoms with Gasteiger partial charge in [-0.25, -0.2) is 21.6 Å². The highest BCUT2D eigenvalue weighted by Gasteiger charge is 2.56. The summed E-state index contributed by atoms with van der Waals surface area (Å²) in [4.78, 5) is 12.5. The molecule has 40 heavy (non-hydrogen) atoms. The lowest BCUT2D eigenvalue weighted by atomic mass is 9.75. The van der Waals surface area contributed by atoms with E-state index in [0.717, 1.165) is 6.07 Å². The van der Waals surface area contributed by atoms with Gasteiger partial charge in [-0.1, -0.05) is 11.6 Å². The Morgan fingerprint density at radius 1 is 1.05 bits per heavy atom. The van der Waals surface area contributed by atoms with Crippen LogP contribution in [0.2, 0.25) is 5.02 Å². The maximum absolute atomic E-state index is 13.7. The van der Waals surface area contributed by atoms with E-state index in [4.69, 9.17) is 16.3 Å². The van der Waals surface area contributed by atoms with Gasteiger partial charge in [0, 0.05) is 36.6 Å². The summed E-state index contributed by atoms with van der Waals surface area (Å²) in [7, 11) is -4.06. The Morgan fingerprint density at radius 3 is 2.17 bits per heavy atom. The molecule has 2 bridgehead atoms. The van der Waals surface area contributed by atoms with Crippen molar-refractivity contribution in [3.63, 3.8) is 0 Å². The van der Waals surface area contributed by atoms with Gasteiger partial charge in [0.2, 0.25) is 0 Å². The zero-order valence-electron chi connectivity index (χ0n) is 21.5. The van der Waals surface area contributed by atoms with Gasteiger partial charge in [-0.2, -0.15) is 0 Å². The molecule has 4 atom stereocenters. The van der Waals surface area contributed by atoms with Crippen LogP contribution in [-0.4, -0.2) is 66.4 Å². The lowest BCUT2D eigenvalue weighted by Gasteiger charge is -2.42. The molecular weight excluding hydrogens is 575 g/mol. The smallest absolute Gasteiger partial charge is 0.255 e. The second-order valence-corrected chi connectivity index (χ2v) is 13.0. The van der Waals surface area contributed by atoms with E-state index in [0.29, 0.717) is 37.8 Å². The van der Waals surface area contributed by atoms with Crippen molar-refractivity contribution in [3.05, 3.63) is 58.4 Å². The van der Waals surface area contributed by atoms with Crippen molar-refractivity contribution < 1.29 is 46.4 Å². The molecule has 2 aromatic rings.